The molecular formula is C33H17F6N7S2. The Morgan fingerprint density at radius 3 is 0.917 bits per heavy atom. The maximum atomic E-state index is 13.0. The van der Waals surface area contributed by atoms with Gasteiger partial charge in [-0.1, -0.05) is 65.1 Å². The third kappa shape index (κ3) is 6.55. The number of hydrogen-bond donors (Lipinski definition) is 0. The Hall–Kier alpha value is -5.41. The number of rotatable bonds is 6. The molecule has 0 atom stereocenters. The van der Waals surface area contributed by atoms with E-state index in [0.717, 1.165) is 24.3 Å². The number of pyridine rings is 3. The lowest BCUT2D eigenvalue weighted by molar-refractivity contribution is -0.138. The summed E-state index contributed by atoms with van der Waals surface area (Å²) >= 11 is 2.51. The van der Waals surface area contributed by atoms with E-state index in [1.165, 1.54) is 46.9 Å². The van der Waals surface area contributed by atoms with E-state index in [9.17, 15) is 26.3 Å². The van der Waals surface area contributed by atoms with Gasteiger partial charge in [-0.15, -0.1) is 20.4 Å². The average Bonchev–Trinajstić information content (AvgIpc) is 3.80. The molecule has 0 spiro atoms. The first-order chi connectivity index (χ1) is 23.0. The Morgan fingerprint density at radius 1 is 0.354 bits per heavy atom. The molecule has 2 aromatic carbocycles. The van der Waals surface area contributed by atoms with Crippen molar-refractivity contribution in [2.75, 3.05) is 0 Å². The van der Waals surface area contributed by atoms with Gasteiger partial charge < -0.3 is 0 Å². The number of benzene rings is 2. The molecule has 7 rings (SSSR count). The Morgan fingerprint density at radius 2 is 0.625 bits per heavy atom. The van der Waals surface area contributed by atoms with E-state index in [-0.39, 0.29) is 0 Å². The minimum Gasteiger partial charge on any atom is -0.245 e. The fourth-order valence-electron chi connectivity index (χ4n) is 4.62. The molecule has 0 bridgehead atoms. The fourth-order valence-corrected chi connectivity index (χ4v) is 6.19. The maximum Gasteiger partial charge on any atom is 0.416 e. The molecule has 7 aromatic rings. The summed E-state index contributed by atoms with van der Waals surface area (Å²) in [7, 11) is 0. The first kappa shape index (κ1) is 31.2. The summed E-state index contributed by atoms with van der Waals surface area (Å²) in [6, 6.07) is 25.3. The molecule has 7 nitrogen and oxygen atoms in total. The van der Waals surface area contributed by atoms with Gasteiger partial charge in [-0.3, -0.25) is 0 Å². The van der Waals surface area contributed by atoms with Gasteiger partial charge in [-0.2, -0.15) is 26.3 Å². The number of halogens is 6. The Kier molecular flexibility index (Phi) is 8.01. The van der Waals surface area contributed by atoms with Crippen LogP contribution in [0.5, 0.6) is 0 Å². The standard InChI is InChI=1S/C33H17F6N7S2/c34-32(35,36)20-14-10-18(11-15-20)22-4-1-6-24(40-22)28-43-45-30(47-28)26-8-3-9-27(42-26)31-46-44-29(48-31)25-7-2-5-23(41-25)19-12-16-21(17-13-19)33(37,38)39/h1-17H. The van der Waals surface area contributed by atoms with Crippen LogP contribution in [-0.2, 0) is 12.4 Å². The summed E-state index contributed by atoms with van der Waals surface area (Å²) in [6.07, 6.45) is -8.85. The normalized spacial score (nSPS) is 12.0. The first-order valence-electron chi connectivity index (χ1n) is 14.0. The zero-order valence-corrected chi connectivity index (χ0v) is 25.7. The van der Waals surface area contributed by atoms with Crippen molar-refractivity contribution in [3.63, 3.8) is 0 Å². The highest BCUT2D eigenvalue weighted by Gasteiger charge is 2.31. The molecule has 0 radical (unpaired) electrons. The van der Waals surface area contributed by atoms with Crippen molar-refractivity contribution in [2.24, 2.45) is 0 Å². The fraction of sp³-hybridized carbons (Fsp3) is 0.0606. The molecule has 0 fully saturated rings. The number of aromatic nitrogens is 7. The minimum atomic E-state index is -4.43. The maximum absolute atomic E-state index is 13.0. The van der Waals surface area contributed by atoms with Gasteiger partial charge in [-0.25, -0.2) is 15.0 Å². The summed E-state index contributed by atoms with van der Waals surface area (Å²) in [5.41, 5.74) is 2.65. The van der Waals surface area contributed by atoms with Gasteiger partial charge in [0.15, 0.2) is 20.0 Å². The second-order valence-corrected chi connectivity index (χ2v) is 12.2. The van der Waals surface area contributed by atoms with Crippen LogP contribution in [0.2, 0.25) is 0 Å². The molecule has 5 heterocycles. The van der Waals surface area contributed by atoms with Crippen LogP contribution in [0.15, 0.2) is 103 Å². The van der Waals surface area contributed by atoms with E-state index in [4.69, 9.17) is 4.98 Å². The predicted molar refractivity (Wildman–Crippen MR) is 169 cm³/mol. The lowest BCUT2D eigenvalue weighted by atomic mass is 10.1. The highest BCUT2D eigenvalue weighted by Crippen LogP contribution is 2.35. The van der Waals surface area contributed by atoms with Crippen molar-refractivity contribution in [3.8, 4) is 65.3 Å². The van der Waals surface area contributed by atoms with Crippen LogP contribution in [0.4, 0.5) is 26.3 Å². The van der Waals surface area contributed by atoms with E-state index < -0.39 is 23.5 Å². The van der Waals surface area contributed by atoms with Gasteiger partial charge >= 0.3 is 12.4 Å². The third-order valence-electron chi connectivity index (χ3n) is 6.99. The van der Waals surface area contributed by atoms with Gasteiger partial charge in [0.25, 0.3) is 0 Å². The lowest BCUT2D eigenvalue weighted by Gasteiger charge is -2.07. The van der Waals surface area contributed by atoms with E-state index in [2.05, 4.69) is 30.4 Å². The van der Waals surface area contributed by atoms with Crippen LogP contribution in [0.3, 0.4) is 0 Å². The van der Waals surface area contributed by atoms with Gasteiger partial charge in [-0.05, 0) is 60.7 Å². The quantitative estimate of drug-likeness (QED) is 0.161. The highest BCUT2D eigenvalue weighted by molar-refractivity contribution is 7.18. The van der Waals surface area contributed by atoms with Crippen molar-refractivity contribution in [1.82, 2.24) is 35.3 Å². The smallest absolute Gasteiger partial charge is 0.245 e. The molecule has 0 aliphatic heterocycles. The second kappa shape index (κ2) is 12.3. The average molecular weight is 690 g/mol. The van der Waals surface area contributed by atoms with Crippen molar-refractivity contribution >= 4 is 22.7 Å². The van der Waals surface area contributed by atoms with Crippen molar-refractivity contribution in [3.05, 3.63) is 114 Å². The Bertz CT molecular complexity index is 2070. The van der Waals surface area contributed by atoms with E-state index in [1.54, 1.807) is 54.6 Å². The van der Waals surface area contributed by atoms with Gasteiger partial charge in [0.2, 0.25) is 0 Å². The molecule has 0 aliphatic rings. The van der Waals surface area contributed by atoms with Gasteiger partial charge in [0.1, 0.15) is 22.8 Å². The molecule has 0 saturated heterocycles. The lowest BCUT2D eigenvalue weighted by Crippen LogP contribution is -2.04. The zero-order chi connectivity index (χ0) is 33.5. The van der Waals surface area contributed by atoms with Gasteiger partial charge in [0.05, 0.1) is 22.5 Å². The molecule has 0 aliphatic carbocycles. The van der Waals surface area contributed by atoms with E-state index in [1.807, 2.05) is 0 Å². The molecule has 0 N–H and O–H groups in total. The number of nitrogens with zero attached hydrogens (tertiary/aromatic N) is 7. The summed E-state index contributed by atoms with van der Waals surface area (Å²) in [5, 5.41) is 19.1. The molecule has 0 amide bonds. The largest absolute Gasteiger partial charge is 0.416 e. The summed E-state index contributed by atoms with van der Waals surface area (Å²) in [6.45, 7) is 0. The van der Waals surface area contributed by atoms with Crippen molar-refractivity contribution < 1.29 is 26.3 Å². The number of alkyl halides is 6. The van der Waals surface area contributed by atoms with E-state index in [0.29, 0.717) is 65.3 Å². The van der Waals surface area contributed by atoms with Crippen LogP contribution < -0.4 is 0 Å². The summed E-state index contributed by atoms with van der Waals surface area (Å²) in [5.74, 6) is 0. The van der Waals surface area contributed by atoms with Crippen LogP contribution >= 0.6 is 22.7 Å². The minimum absolute atomic E-state index is 0.490. The summed E-state index contributed by atoms with van der Waals surface area (Å²) < 4.78 is 77.9. The molecule has 15 heteroatoms. The Balaban J connectivity index is 1.10. The molecule has 238 valence electrons. The number of hydrogen-bond acceptors (Lipinski definition) is 9. The molecule has 0 saturated carbocycles. The van der Waals surface area contributed by atoms with Crippen LogP contribution in [0, 0.1) is 0 Å². The Labute approximate surface area is 275 Å². The SMILES string of the molecule is FC(F)(F)c1ccc(-c2cccc(-c3nnc(-c4cccc(-c5nnc(-c6cccc(-c7ccc(C(F)(F)F)cc7)n6)s5)n4)s3)n2)cc1. The van der Waals surface area contributed by atoms with Gasteiger partial charge in [0, 0.05) is 11.1 Å². The van der Waals surface area contributed by atoms with Crippen LogP contribution in [0.25, 0.3) is 65.3 Å². The molecule has 5 aromatic heterocycles. The predicted octanol–water partition coefficient (Wildman–Crippen LogP) is 9.61. The van der Waals surface area contributed by atoms with Crippen LogP contribution in [-0.4, -0.2) is 35.3 Å². The molecule has 0 unspecified atom stereocenters. The highest BCUT2D eigenvalue weighted by atomic mass is 32.1. The van der Waals surface area contributed by atoms with Crippen molar-refractivity contribution in [1.29, 1.82) is 0 Å². The first-order valence-corrected chi connectivity index (χ1v) is 15.6. The van der Waals surface area contributed by atoms with E-state index >= 15 is 0 Å². The monoisotopic (exact) mass is 689 g/mol. The molecule has 48 heavy (non-hydrogen) atoms. The zero-order valence-electron chi connectivity index (χ0n) is 24.0. The van der Waals surface area contributed by atoms with Crippen molar-refractivity contribution in [2.45, 2.75) is 12.4 Å². The third-order valence-corrected chi connectivity index (χ3v) is 8.93. The topological polar surface area (TPSA) is 90.2 Å². The van der Waals surface area contributed by atoms with Crippen LogP contribution in [0.1, 0.15) is 11.1 Å². The molecular weight excluding hydrogens is 673 g/mol. The second-order valence-electron chi connectivity index (χ2n) is 10.2. The summed E-state index contributed by atoms with van der Waals surface area (Å²) in [4.78, 5) is 13.9.